The molecule has 5 rings (SSSR count). The van der Waals surface area contributed by atoms with Crippen LogP contribution in [0, 0.1) is 25.7 Å². The third-order valence-corrected chi connectivity index (χ3v) is 7.22. The Morgan fingerprint density at radius 2 is 1.84 bits per heavy atom. The van der Waals surface area contributed by atoms with Crippen molar-refractivity contribution >= 4 is 17.2 Å². The van der Waals surface area contributed by atoms with Crippen molar-refractivity contribution in [2.75, 3.05) is 13.1 Å². The lowest BCUT2D eigenvalue weighted by molar-refractivity contribution is 0.0755. The van der Waals surface area contributed by atoms with Gasteiger partial charge in [-0.25, -0.2) is 19.9 Å². The van der Waals surface area contributed by atoms with Crippen LogP contribution in [0.4, 0.5) is 0 Å². The fourth-order valence-corrected chi connectivity index (χ4v) is 5.25. The van der Waals surface area contributed by atoms with Crippen LogP contribution in [0.5, 0.6) is 5.88 Å². The zero-order valence-corrected chi connectivity index (χ0v) is 19.4. The highest BCUT2D eigenvalue weighted by Crippen LogP contribution is 2.48. The van der Waals surface area contributed by atoms with Crippen LogP contribution in [0.2, 0.25) is 0 Å². The molecule has 4 heterocycles. The maximum absolute atomic E-state index is 13.1. The van der Waals surface area contributed by atoms with E-state index in [0.29, 0.717) is 46.5 Å². The molecule has 3 aromatic rings. The van der Waals surface area contributed by atoms with Crippen LogP contribution < -0.4 is 10.5 Å². The lowest BCUT2D eigenvalue weighted by Gasteiger charge is -2.22. The van der Waals surface area contributed by atoms with Crippen molar-refractivity contribution in [3.05, 3.63) is 52.4 Å². The number of fused-ring (bicyclic) bond motifs is 1. The molecule has 1 amide bonds. The molecule has 32 heavy (non-hydrogen) atoms. The van der Waals surface area contributed by atoms with E-state index >= 15 is 0 Å². The van der Waals surface area contributed by atoms with E-state index in [9.17, 15) is 4.79 Å². The third kappa shape index (κ3) is 3.86. The first-order valence-corrected chi connectivity index (χ1v) is 11.5. The van der Waals surface area contributed by atoms with E-state index in [-0.39, 0.29) is 12.0 Å². The van der Waals surface area contributed by atoms with Gasteiger partial charge < -0.3 is 15.4 Å². The lowest BCUT2D eigenvalue weighted by atomic mass is 9.96. The molecule has 0 radical (unpaired) electrons. The van der Waals surface area contributed by atoms with Crippen LogP contribution in [0.25, 0.3) is 10.8 Å². The van der Waals surface area contributed by atoms with Gasteiger partial charge in [0.1, 0.15) is 11.0 Å². The smallest absolute Gasteiger partial charge is 0.265 e. The highest BCUT2D eigenvalue weighted by atomic mass is 32.1. The standard InChI is InChI=1S/C23H26N6O2S/c1-12-8-14(23(3,4)24)9-17(27-12)31-18-15-10-29(11-16(15)18)22(30)19-13(2)28-21(32-19)20-25-6-5-7-26-20/h5-9,15-16,18H,10-11,24H2,1-4H3/t15-,16+,18+. The summed E-state index contributed by atoms with van der Waals surface area (Å²) in [4.78, 5) is 33.2. The molecule has 1 aliphatic carbocycles. The number of thiazole rings is 1. The number of carbonyl (C=O) groups is 1. The summed E-state index contributed by atoms with van der Waals surface area (Å²) in [6.07, 6.45) is 3.45. The van der Waals surface area contributed by atoms with Crippen molar-refractivity contribution in [3.63, 3.8) is 0 Å². The second-order valence-corrected chi connectivity index (χ2v) is 10.2. The molecule has 9 heteroatoms. The van der Waals surface area contributed by atoms with Crippen molar-refractivity contribution in [1.29, 1.82) is 0 Å². The number of rotatable bonds is 5. The van der Waals surface area contributed by atoms with Crippen LogP contribution in [0.1, 0.15) is 40.5 Å². The number of piperidine rings is 1. The monoisotopic (exact) mass is 450 g/mol. The number of aryl methyl sites for hydroxylation is 2. The highest BCUT2D eigenvalue weighted by molar-refractivity contribution is 7.17. The maximum Gasteiger partial charge on any atom is 0.265 e. The summed E-state index contributed by atoms with van der Waals surface area (Å²) >= 11 is 1.35. The van der Waals surface area contributed by atoms with Gasteiger partial charge in [0.15, 0.2) is 10.8 Å². The SMILES string of the molecule is Cc1cc(C(C)(C)N)cc(O[C@H]2[C@@H]3CN(C(=O)c4sc(-c5ncccn5)nc4C)C[C@@H]32)n1. The molecule has 166 valence electrons. The van der Waals surface area contributed by atoms with Gasteiger partial charge in [0.2, 0.25) is 5.88 Å². The van der Waals surface area contributed by atoms with E-state index in [1.165, 1.54) is 11.3 Å². The number of ether oxygens (including phenoxy) is 1. The summed E-state index contributed by atoms with van der Waals surface area (Å²) in [5.41, 5.74) is 8.40. The van der Waals surface area contributed by atoms with Gasteiger partial charge in [0, 0.05) is 54.6 Å². The van der Waals surface area contributed by atoms with Crippen LogP contribution in [-0.2, 0) is 5.54 Å². The normalized spacial score (nSPS) is 22.0. The van der Waals surface area contributed by atoms with Crippen LogP contribution >= 0.6 is 11.3 Å². The molecule has 2 aliphatic rings. The number of likely N-dealkylation sites (tertiary alicyclic amines) is 1. The Morgan fingerprint density at radius 1 is 1.16 bits per heavy atom. The van der Waals surface area contributed by atoms with Gasteiger partial charge in [-0.05, 0) is 45.4 Å². The summed E-state index contributed by atoms with van der Waals surface area (Å²) in [7, 11) is 0. The Kier molecular flexibility index (Phi) is 4.98. The Balaban J connectivity index is 1.24. The summed E-state index contributed by atoms with van der Waals surface area (Å²) < 4.78 is 6.20. The number of hydrogen-bond acceptors (Lipinski definition) is 8. The van der Waals surface area contributed by atoms with Crippen LogP contribution in [0.15, 0.2) is 30.6 Å². The highest BCUT2D eigenvalue weighted by Gasteiger charge is 2.59. The average molecular weight is 451 g/mol. The molecule has 0 unspecified atom stereocenters. The molecule has 0 aromatic carbocycles. The predicted molar refractivity (Wildman–Crippen MR) is 121 cm³/mol. The number of pyridine rings is 1. The number of nitrogens with two attached hydrogens (primary N) is 1. The zero-order chi connectivity index (χ0) is 22.6. The fraction of sp³-hybridized carbons (Fsp3) is 0.435. The number of nitrogens with zero attached hydrogens (tertiary/aromatic N) is 5. The van der Waals surface area contributed by atoms with Gasteiger partial charge >= 0.3 is 0 Å². The number of hydrogen-bond donors (Lipinski definition) is 1. The second kappa shape index (κ2) is 7.60. The first-order valence-electron chi connectivity index (χ1n) is 10.7. The van der Waals surface area contributed by atoms with Gasteiger partial charge in [0.05, 0.1) is 5.69 Å². The number of aromatic nitrogens is 4. The van der Waals surface area contributed by atoms with E-state index in [0.717, 1.165) is 17.0 Å². The van der Waals surface area contributed by atoms with Crippen LogP contribution in [-0.4, -0.2) is 49.9 Å². The van der Waals surface area contributed by atoms with Crippen molar-refractivity contribution in [1.82, 2.24) is 24.8 Å². The molecule has 1 saturated heterocycles. The van der Waals surface area contributed by atoms with Gasteiger partial charge in [-0.1, -0.05) is 0 Å². The van der Waals surface area contributed by atoms with Crippen molar-refractivity contribution in [3.8, 4) is 16.7 Å². The van der Waals surface area contributed by atoms with Gasteiger partial charge in [-0.2, -0.15) is 0 Å². The molecule has 0 bridgehead atoms. The first-order chi connectivity index (χ1) is 15.2. The van der Waals surface area contributed by atoms with E-state index < -0.39 is 5.54 Å². The molecule has 8 nitrogen and oxygen atoms in total. The van der Waals surface area contributed by atoms with E-state index in [4.69, 9.17) is 10.5 Å². The minimum absolute atomic E-state index is 0.0222. The maximum atomic E-state index is 13.1. The quantitative estimate of drug-likeness (QED) is 0.637. The zero-order valence-electron chi connectivity index (χ0n) is 18.6. The summed E-state index contributed by atoms with van der Waals surface area (Å²) in [5.74, 6) is 1.85. The largest absolute Gasteiger partial charge is 0.474 e. The average Bonchev–Trinajstić information content (AvgIpc) is 3.09. The molecule has 1 aliphatic heterocycles. The predicted octanol–water partition coefficient (Wildman–Crippen LogP) is 2.96. The van der Waals surface area contributed by atoms with Gasteiger partial charge in [-0.3, -0.25) is 4.79 Å². The second-order valence-electron chi connectivity index (χ2n) is 9.18. The number of carbonyl (C=O) groups excluding carboxylic acids is 1. The fourth-order valence-electron chi connectivity index (χ4n) is 4.27. The van der Waals surface area contributed by atoms with E-state index in [2.05, 4.69) is 19.9 Å². The molecule has 2 N–H and O–H groups in total. The molecular weight excluding hydrogens is 424 g/mol. The van der Waals surface area contributed by atoms with Crippen molar-refractivity contribution in [2.45, 2.75) is 39.3 Å². The van der Waals surface area contributed by atoms with Gasteiger partial charge in [0.25, 0.3) is 5.91 Å². The molecule has 3 aromatic heterocycles. The topological polar surface area (TPSA) is 107 Å². The minimum Gasteiger partial charge on any atom is -0.474 e. The van der Waals surface area contributed by atoms with Crippen molar-refractivity contribution < 1.29 is 9.53 Å². The molecule has 3 atom stereocenters. The summed E-state index contributed by atoms with van der Waals surface area (Å²) in [6, 6.07) is 5.68. The molecule has 1 saturated carbocycles. The Hall–Kier alpha value is -2.91. The third-order valence-electron chi connectivity index (χ3n) is 6.08. The summed E-state index contributed by atoms with van der Waals surface area (Å²) in [5, 5.41) is 0.668. The Morgan fingerprint density at radius 3 is 2.50 bits per heavy atom. The first kappa shape index (κ1) is 21.0. The van der Waals surface area contributed by atoms with Crippen molar-refractivity contribution in [2.24, 2.45) is 17.6 Å². The van der Waals surface area contributed by atoms with Gasteiger partial charge in [-0.15, -0.1) is 11.3 Å². The lowest BCUT2D eigenvalue weighted by Crippen LogP contribution is -2.33. The number of amides is 1. The molecule has 0 spiro atoms. The van der Waals surface area contributed by atoms with E-state index in [1.807, 2.05) is 44.7 Å². The molecular formula is C23H26N6O2S. The summed E-state index contributed by atoms with van der Waals surface area (Å²) in [6.45, 7) is 9.12. The molecule has 2 fully saturated rings. The van der Waals surface area contributed by atoms with E-state index in [1.54, 1.807) is 18.5 Å². The Bertz CT molecular complexity index is 1160. The van der Waals surface area contributed by atoms with Crippen LogP contribution in [0.3, 0.4) is 0 Å². The Labute approximate surface area is 190 Å². The minimum atomic E-state index is -0.454.